The molecule has 2 unspecified atom stereocenters. The molecule has 0 fully saturated rings. The molecule has 1 spiro atoms. The molecule has 0 aliphatic carbocycles. The fourth-order valence-corrected chi connectivity index (χ4v) is 6.89. The summed E-state index contributed by atoms with van der Waals surface area (Å²) < 4.78 is 12.4. The van der Waals surface area contributed by atoms with E-state index in [1.807, 2.05) is 45.1 Å². The number of nitro benzene ring substituents is 1. The first kappa shape index (κ1) is 30.1. The summed E-state index contributed by atoms with van der Waals surface area (Å²) in [6.45, 7) is 19.4. The molecule has 2 atom stereocenters. The minimum atomic E-state index is -0.915. The number of fused-ring (bicyclic) bond motifs is 2. The molecule has 8 heteroatoms. The van der Waals surface area contributed by atoms with Gasteiger partial charge < -0.3 is 14.4 Å². The predicted molar refractivity (Wildman–Crippen MR) is 163 cm³/mol. The largest absolute Gasteiger partial charge is 0.463 e. The van der Waals surface area contributed by atoms with E-state index >= 15 is 0 Å². The molecule has 0 N–H and O–H groups in total. The number of alkyl halides is 1. The third-order valence-corrected chi connectivity index (χ3v) is 10.8. The molecule has 0 aromatic heterocycles. The molecule has 0 saturated carbocycles. The molecule has 0 radical (unpaired) electrons. The first-order valence-corrected chi connectivity index (χ1v) is 14.6. The van der Waals surface area contributed by atoms with E-state index in [2.05, 4.69) is 74.5 Å². The number of rotatable bonds is 8. The van der Waals surface area contributed by atoms with Crippen molar-refractivity contribution >= 4 is 39.4 Å². The smallest absolute Gasteiger partial charge is 0.313 e. The van der Waals surface area contributed by atoms with Crippen molar-refractivity contribution in [1.82, 2.24) is 0 Å². The van der Waals surface area contributed by atoms with E-state index in [0.717, 1.165) is 11.3 Å². The van der Waals surface area contributed by atoms with Crippen LogP contribution >= 0.6 is 15.9 Å². The van der Waals surface area contributed by atoms with Crippen molar-refractivity contribution in [3.8, 4) is 5.75 Å². The molecule has 40 heavy (non-hydrogen) atoms. The highest BCUT2D eigenvalue weighted by molar-refractivity contribution is 9.10. The standard InChI is InChI=1S/C32H41BrN2O5/c1-21(2)28(3,4)31(9,30(7,8)33)27(36)39-19-18-34-25-13-11-10-12-24(25)29(5,6)32(34)17-16-22-20-23(35(37)38)14-15-26(22)40-32/h10-17,20-21H,18-19H2,1-9H3. The van der Waals surface area contributed by atoms with Gasteiger partial charge in [0.2, 0.25) is 5.72 Å². The average Bonchev–Trinajstić information content (AvgIpc) is 3.05. The van der Waals surface area contributed by atoms with E-state index in [-0.39, 0.29) is 29.6 Å². The Hall–Kier alpha value is -2.87. The average molecular weight is 614 g/mol. The number of carbonyl (C=O) groups is 1. The third-order valence-electron chi connectivity index (χ3n) is 10.0. The molecular formula is C32H41BrN2O5. The summed E-state index contributed by atoms with van der Waals surface area (Å²) in [5.74, 6) is 0.572. The predicted octanol–water partition coefficient (Wildman–Crippen LogP) is 7.90. The Morgan fingerprint density at radius 3 is 2.38 bits per heavy atom. The van der Waals surface area contributed by atoms with Gasteiger partial charge in [0.05, 0.1) is 22.3 Å². The summed E-state index contributed by atoms with van der Waals surface area (Å²) in [6.07, 6.45) is 3.88. The number of ether oxygens (including phenoxy) is 2. The highest BCUT2D eigenvalue weighted by atomic mass is 79.9. The van der Waals surface area contributed by atoms with E-state index in [0.29, 0.717) is 17.9 Å². The van der Waals surface area contributed by atoms with Gasteiger partial charge in [0.1, 0.15) is 12.4 Å². The van der Waals surface area contributed by atoms with Gasteiger partial charge in [-0.2, -0.15) is 0 Å². The van der Waals surface area contributed by atoms with Crippen LogP contribution in [0.25, 0.3) is 6.08 Å². The second kappa shape index (κ2) is 9.89. The molecule has 2 aromatic carbocycles. The number of hydrogen-bond donors (Lipinski definition) is 0. The first-order chi connectivity index (χ1) is 18.4. The topological polar surface area (TPSA) is 81.9 Å². The van der Waals surface area contributed by atoms with E-state index in [4.69, 9.17) is 9.47 Å². The van der Waals surface area contributed by atoms with Crippen LogP contribution in [0.2, 0.25) is 0 Å². The van der Waals surface area contributed by atoms with E-state index in [9.17, 15) is 14.9 Å². The lowest BCUT2D eigenvalue weighted by Gasteiger charge is -2.51. The molecule has 2 aliphatic heterocycles. The number of para-hydroxylation sites is 1. The molecule has 2 aromatic rings. The fraction of sp³-hybridized carbons (Fsp3) is 0.531. The number of carbonyl (C=O) groups excluding carboxylic acids is 1. The Morgan fingerprint density at radius 2 is 1.77 bits per heavy atom. The van der Waals surface area contributed by atoms with Gasteiger partial charge in [-0.1, -0.05) is 61.8 Å². The molecule has 0 amide bonds. The van der Waals surface area contributed by atoms with Crippen molar-refractivity contribution in [2.45, 2.75) is 77.8 Å². The van der Waals surface area contributed by atoms with E-state index in [1.165, 1.54) is 12.1 Å². The minimum absolute atomic E-state index is 0.0165. The Morgan fingerprint density at radius 1 is 1.12 bits per heavy atom. The second-order valence-corrected chi connectivity index (χ2v) is 15.0. The van der Waals surface area contributed by atoms with Gasteiger partial charge in [-0.3, -0.25) is 14.9 Å². The fourth-order valence-electron chi connectivity index (χ4n) is 6.21. The maximum absolute atomic E-state index is 13.9. The van der Waals surface area contributed by atoms with Crippen molar-refractivity contribution in [1.29, 1.82) is 0 Å². The summed E-state index contributed by atoms with van der Waals surface area (Å²) in [6, 6.07) is 12.8. The molecule has 2 aliphatic rings. The van der Waals surface area contributed by atoms with Crippen LogP contribution in [-0.4, -0.2) is 34.1 Å². The highest BCUT2D eigenvalue weighted by Crippen LogP contribution is 2.56. The zero-order valence-corrected chi connectivity index (χ0v) is 26.6. The van der Waals surface area contributed by atoms with E-state index < -0.39 is 25.8 Å². The Bertz CT molecular complexity index is 1360. The molecule has 4 rings (SSSR count). The first-order valence-electron chi connectivity index (χ1n) is 13.8. The number of non-ortho nitro benzene ring substituents is 1. The Balaban J connectivity index is 1.67. The molecule has 0 saturated heterocycles. The molecule has 216 valence electrons. The maximum atomic E-state index is 13.9. The molecule has 0 bridgehead atoms. The van der Waals surface area contributed by atoms with Crippen LogP contribution in [0.1, 0.15) is 73.4 Å². The molecule has 2 heterocycles. The second-order valence-electron chi connectivity index (χ2n) is 13.0. The van der Waals surface area contributed by atoms with Gasteiger partial charge >= 0.3 is 5.97 Å². The normalized spacial score (nSPS) is 21.0. The summed E-state index contributed by atoms with van der Waals surface area (Å²) >= 11 is 3.80. The van der Waals surface area contributed by atoms with Crippen LogP contribution in [0.4, 0.5) is 11.4 Å². The van der Waals surface area contributed by atoms with Gasteiger partial charge in [0, 0.05) is 27.7 Å². The molecular weight excluding hydrogens is 572 g/mol. The van der Waals surface area contributed by atoms with Crippen molar-refractivity contribution < 1.29 is 19.2 Å². The van der Waals surface area contributed by atoms with Crippen molar-refractivity contribution in [3.05, 3.63) is 69.8 Å². The van der Waals surface area contributed by atoms with Gasteiger partial charge in [-0.05, 0) is 75.8 Å². The van der Waals surface area contributed by atoms with Crippen molar-refractivity contribution in [2.24, 2.45) is 16.7 Å². The zero-order chi connectivity index (χ0) is 29.9. The van der Waals surface area contributed by atoms with Crippen LogP contribution in [0.3, 0.4) is 0 Å². The number of nitro groups is 1. The van der Waals surface area contributed by atoms with Gasteiger partial charge in [0.15, 0.2) is 0 Å². The zero-order valence-electron chi connectivity index (χ0n) is 25.0. The number of esters is 1. The Labute approximate surface area is 246 Å². The maximum Gasteiger partial charge on any atom is 0.313 e. The number of anilines is 1. The quantitative estimate of drug-likeness (QED) is 0.130. The molecule has 7 nitrogen and oxygen atoms in total. The number of benzene rings is 2. The van der Waals surface area contributed by atoms with Crippen LogP contribution in [0.5, 0.6) is 5.75 Å². The van der Waals surface area contributed by atoms with Crippen molar-refractivity contribution in [3.63, 3.8) is 0 Å². The lowest BCUT2D eigenvalue weighted by Crippen LogP contribution is -2.60. The van der Waals surface area contributed by atoms with E-state index in [1.54, 1.807) is 6.07 Å². The number of hydrogen-bond acceptors (Lipinski definition) is 6. The Kier molecular flexibility index (Phi) is 7.44. The lowest BCUT2D eigenvalue weighted by atomic mass is 9.56. The SMILES string of the molecule is CC(C)C(C)(C)C(C)(C(=O)OCCN1c2ccccc2C(C)(C)C12C=Cc1cc([N+](=O)[O-])ccc1O2)C(C)(C)Br. The van der Waals surface area contributed by atoms with Crippen LogP contribution in [0.15, 0.2) is 48.5 Å². The monoisotopic (exact) mass is 612 g/mol. The minimum Gasteiger partial charge on any atom is -0.463 e. The summed E-state index contributed by atoms with van der Waals surface area (Å²) in [4.78, 5) is 26.9. The van der Waals surface area contributed by atoms with Gasteiger partial charge in [-0.15, -0.1) is 0 Å². The summed E-state index contributed by atoms with van der Waals surface area (Å²) in [7, 11) is 0. The van der Waals surface area contributed by atoms with Gasteiger partial charge in [0.25, 0.3) is 5.69 Å². The number of nitrogens with zero attached hydrogens (tertiary/aromatic N) is 2. The summed E-state index contributed by atoms with van der Waals surface area (Å²) in [5.41, 5.74) is 0.252. The van der Waals surface area contributed by atoms with Crippen LogP contribution in [-0.2, 0) is 14.9 Å². The summed E-state index contributed by atoms with van der Waals surface area (Å²) in [5, 5.41) is 11.3. The van der Waals surface area contributed by atoms with Crippen LogP contribution < -0.4 is 9.64 Å². The van der Waals surface area contributed by atoms with Crippen molar-refractivity contribution in [2.75, 3.05) is 18.1 Å². The lowest BCUT2D eigenvalue weighted by molar-refractivity contribution is -0.384. The number of halogens is 1. The van der Waals surface area contributed by atoms with Gasteiger partial charge in [-0.25, -0.2) is 0 Å². The van der Waals surface area contributed by atoms with Crippen LogP contribution in [0, 0.1) is 26.9 Å². The third kappa shape index (κ3) is 4.34. The highest BCUT2D eigenvalue weighted by Gasteiger charge is 2.60.